The molecule has 6 rings (SSSR count). The Labute approximate surface area is 227 Å². The van der Waals surface area contributed by atoms with Gasteiger partial charge >= 0.3 is 0 Å². The van der Waals surface area contributed by atoms with Crippen molar-refractivity contribution in [2.24, 2.45) is 0 Å². The van der Waals surface area contributed by atoms with Crippen LogP contribution < -0.4 is 15.0 Å². The van der Waals surface area contributed by atoms with E-state index in [9.17, 15) is 0 Å². The van der Waals surface area contributed by atoms with Gasteiger partial charge in [0, 0.05) is 30.0 Å². The Morgan fingerprint density at radius 2 is 1.53 bits per heavy atom. The van der Waals surface area contributed by atoms with Crippen molar-refractivity contribution in [3.8, 4) is 11.5 Å². The van der Waals surface area contributed by atoms with Gasteiger partial charge in [0.25, 0.3) is 0 Å². The average Bonchev–Trinajstić information content (AvgIpc) is 3.55. The average molecular weight is 518 g/mol. The largest absolute Gasteiger partial charge is 0.457 e. The molecule has 1 N–H and O–H groups in total. The third-order valence-electron chi connectivity index (χ3n) is 6.70. The predicted molar refractivity (Wildman–Crippen MR) is 153 cm³/mol. The second-order valence-electron chi connectivity index (χ2n) is 9.29. The summed E-state index contributed by atoms with van der Waals surface area (Å²) in [5, 5.41) is 4.20. The van der Waals surface area contributed by atoms with Gasteiger partial charge < -0.3 is 19.5 Å². The van der Waals surface area contributed by atoms with Crippen molar-refractivity contribution in [3.05, 3.63) is 138 Å². The molecule has 0 amide bonds. The first-order valence-electron chi connectivity index (χ1n) is 12.6. The second kappa shape index (κ2) is 10.5. The third-order valence-corrected chi connectivity index (χ3v) is 7.01. The standard InChI is InChI=1S/C31H27N5OS/c1-22-10-14-25(15-11-22)37-26-16-12-24(13-17-26)36-30(29(34-31(36)38)27-8-3-5-19-33-27)28-9-6-20-35(28)21-23-7-2-4-18-32-23/h2-20,29-30H,21H2,1H3,(H,34,38). The molecule has 38 heavy (non-hydrogen) atoms. The maximum atomic E-state index is 6.06. The fourth-order valence-corrected chi connectivity index (χ4v) is 5.20. The molecule has 2 unspecified atom stereocenters. The number of hydrogen-bond acceptors (Lipinski definition) is 4. The van der Waals surface area contributed by atoms with Gasteiger partial charge in [-0.2, -0.15) is 0 Å². The van der Waals surface area contributed by atoms with Gasteiger partial charge in [-0.15, -0.1) is 0 Å². The van der Waals surface area contributed by atoms with Crippen molar-refractivity contribution in [2.45, 2.75) is 25.6 Å². The monoisotopic (exact) mass is 517 g/mol. The summed E-state index contributed by atoms with van der Waals surface area (Å²) in [6, 6.07) is 32.1. The van der Waals surface area contributed by atoms with Crippen LogP contribution in [0.4, 0.5) is 5.69 Å². The third kappa shape index (κ3) is 4.88. The summed E-state index contributed by atoms with van der Waals surface area (Å²) in [4.78, 5) is 11.4. The summed E-state index contributed by atoms with van der Waals surface area (Å²) < 4.78 is 8.30. The summed E-state index contributed by atoms with van der Waals surface area (Å²) in [5.74, 6) is 1.58. The number of hydrogen-bond donors (Lipinski definition) is 1. The van der Waals surface area contributed by atoms with E-state index in [0.29, 0.717) is 11.7 Å². The van der Waals surface area contributed by atoms with Gasteiger partial charge in [0.15, 0.2) is 5.11 Å². The lowest BCUT2D eigenvalue weighted by molar-refractivity contribution is 0.482. The zero-order chi connectivity index (χ0) is 25.9. The first-order valence-corrected chi connectivity index (χ1v) is 13.0. The smallest absolute Gasteiger partial charge is 0.174 e. The first kappa shape index (κ1) is 23.9. The maximum Gasteiger partial charge on any atom is 0.174 e. The van der Waals surface area contributed by atoms with E-state index < -0.39 is 0 Å². The van der Waals surface area contributed by atoms with Crippen molar-refractivity contribution < 1.29 is 4.74 Å². The Morgan fingerprint density at radius 3 is 2.21 bits per heavy atom. The fourth-order valence-electron chi connectivity index (χ4n) is 4.86. The molecule has 2 aromatic carbocycles. The van der Waals surface area contributed by atoms with Gasteiger partial charge in [-0.25, -0.2) is 0 Å². The number of aryl methyl sites for hydroxylation is 1. The maximum absolute atomic E-state index is 6.06. The van der Waals surface area contributed by atoms with E-state index in [1.165, 1.54) is 5.56 Å². The molecule has 3 aromatic heterocycles. The van der Waals surface area contributed by atoms with Crippen LogP contribution in [-0.4, -0.2) is 19.6 Å². The molecule has 0 bridgehead atoms. The zero-order valence-corrected chi connectivity index (χ0v) is 21.8. The molecule has 5 aromatic rings. The van der Waals surface area contributed by atoms with Gasteiger partial charge in [0.1, 0.15) is 17.5 Å². The molecular formula is C31H27N5OS. The molecule has 4 heterocycles. The summed E-state index contributed by atoms with van der Waals surface area (Å²) in [7, 11) is 0. The van der Waals surface area contributed by atoms with Crippen LogP contribution in [0, 0.1) is 6.92 Å². The Bertz CT molecular complexity index is 1520. The van der Waals surface area contributed by atoms with E-state index >= 15 is 0 Å². The van der Waals surface area contributed by atoms with Crippen LogP contribution in [0.25, 0.3) is 0 Å². The minimum atomic E-state index is -0.121. The van der Waals surface area contributed by atoms with Crippen molar-refractivity contribution in [1.29, 1.82) is 0 Å². The normalized spacial score (nSPS) is 16.9. The van der Waals surface area contributed by atoms with Crippen LogP contribution in [0.5, 0.6) is 11.5 Å². The van der Waals surface area contributed by atoms with Gasteiger partial charge in [-0.05, 0) is 91.9 Å². The van der Waals surface area contributed by atoms with Gasteiger partial charge in [0.2, 0.25) is 0 Å². The molecule has 0 aliphatic carbocycles. The Morgan fingerprint density at radius 1 is 0.816 bits per heavy atom. The zero-order valence-electron chi connectivity index (χ0n) is 20.9. The molecule has 0 saturated carbocycles. The van der Waals surface area contributed by atoms with E-state index in [-0.39, 0.29) is 12.1 Å². The number of nitrogens with zero attached hydrogens (tertiary/aromatic N) is 4. The molecule has 1 fully saturated rings. The Kier molecular flexibility index (Phi) is 6.58. The first-order chi connectivity index (χ1) is 18.7. The molecule has 7 heteroatoms. The van der Waals surface area contributed by atoms with Crippen LogP contribution in [0.15, 0.2) is 116 Å². The minimum Gasteiger partial charge on any atom is -0.457 e. The van der Waals surface area contributed by atoms with Crippen molar-refractivity contribution in [3.63, 3.8) is 0 Å². The molecular weight excluding hydrogens is 490 g/mol. The van der Waals surface area contributed by atoms with Gasteiger partial charge in [-0.1, -0.05) is 29.8 Å². The van der Waals surface area contributed by atoms with Crippen molar-refractivity contribution in [2.75, 3.05) is 4.90 Å². The van der Waals surface area contributed by atoms with E-state index in [1.807, 2.05) is 85.2 Å². The number of thiocarbonyl (C=S) groups is 1. The van der Waals surface area contributed by atoms with E-state index in [2.05, 4.69) is 62.1 Å². The fraction of sp³-hybridized carbons (Fsp3) is 0.129. The SMILES string of the molecule is Cc1ccc(Oc2ccc(N3C(=S)NC(c4ccccn4)C3c3cccn3Cc3ccccn3)cc2)cc1. The lowest BCUT2D eigenvalue weighted by atomic mass is 10.0. The van der Waals surface area contributed by atoms with Crippen LogP contribution in [0.3, 0.4) is 0 Å². The highest BCUT2D eigenvalue weighted by Crippen LogP contribution is 2.42. The Balaban J connectivity index is 1.35. The van der Waals surface area contributed by atoms with Crippen LogP contribution in [-0.2, 0) is 6.54 Å². The quantitative estimate of drug-likeness (QED) is 0.245. The number of rotatable bonds is 7. The van der Waals surface area contributed by atoms with Crippen LogP contribution >= 0.6 is 12.2 Å². The molecule has 1 aliphatic rings. The molecule has 0 radical (unpaired) electrons. The van der Waals surface area contributed by atoms with Gasteiger partial charge in [-0.3, -0.25) is 9.97 Å². The summed E-state index contributed by atoms with van der Waals surface area (Å²) in [6.07, 6.45) is 5.75. The van der Waals surface area contributed by atoms with E-state index in [1.54, 1.807) is 0 Å². The number of anilines is 1. The van der Waals surface area contributed by atoms with Crippen molar-refractivity contribution >= 4 is 23.0 Å². The molecule has 188 valence electrons. The summed E-state index contributed by atoms with van der Waals surface area (Å²) in [6.45, 7) is 2.73. The number of ether oxygens (including phenoxy) is 1. The molecule has 2 atom stereocenters. The highest BCUT2D eigenvalue weighted by molar-refractivity contribution is 7.80. The highest BCUT2D eigenvalue weighted by Gasteiger charge is 2.42. The van der Waals surface area contributed by atoms with E-state index in [0.717, 1.165) is 34.3 Å². The highest BCUT2D eigenvalue weighted by atomic mass is 32.1. The minimum absolute atomic E-state index is 0.111. The second-order valence-corrected chi connectivity index (χ2v) is 9.67. The number of benzene rings is 2. The lowest BCUT2D eigenvalue weighted by Gasteiger charge is -2.29. The topological polar surface area (TPSA) is 55.2 Å². The molecule has 0 spiro atoms. The lowest BCUT2D eigenvalue weighted by Crippen LogP contribution is -2.30. The number of aromatic nitrogens is 3. The number of pyridine rings is 2. The van der Waals surface area contributed by atoms with Gasteiger partial charge in [0.05, 0.1) is 24.0 Å². The van der Waals surface area contributed by atoms with Crippen LogP contribution in [0.2, 0.25) is 0 Å². The summed E-state index contributed by atoms with van der Waals surface area (Å²) in [5.41, 5.74) is 5.24. The van der Waals surface area contributed by atoms with Crippen molar-refractivity contribution in [1.82, 2.24) is 19.9 Å². The molecule has 1 saturated heterocycles. The molecule has 6 nitrogen and oxygen atoms in total. The summed E-state index contributed by atoms with van der Waals surface area (Å²) >= 11 is 5.91. The number of nitrogens with one attached hydrogen (secondary N) is 1. The van der Waals surface area contributed by atoms with E-state index in [4.69, 9.17) is 17.0 Å². The Hall–Kier alpha value is -4.49. The van der Waals surface area contributed by atoms with Crippen LogP contribution in [0.1, 0.15) is 34.7 Å². The molecule has 1 aliphatic heterocycles. The predicted octanol–water partition coefficient (Wildman–Crippen LogP) is 6.60.